The first-order chi connectivity index (χ1) is 16.8. The molecule has 35 heavy (non-hydrogen) atoms. The Hall–Kier alpha value is -3.36. The molecule has 0 atom stereocenters. The lowest BCUT2D eigenvalue weighted by Crippen LogP contribution is -2.23. The van der Waals surface area contributed by atoms with Crippen molar-refractivity contribution in [3.63, 3.8) is 0 Å². The van der Waals surface area contributed by atoms with Gasteiger partial charge in [-0.15, -0.1) is 0 Å². The van der Waals surface area contributed by atoms with E-state index in [1.54, 1.807) is 37.4 Å². The first-order valence-corrected chi connectivity index (χ1v) is 12.1. The van der Waals surface area contributed by atoms with Crippen LogP contribution in [0.5, 0.6) is 11.5 Å². The van der Waals surface area contributed by atoms with Crippen LogP contribution in [0.15, 0.2) is 70.7 Å². The monoisotopic (exact) mass is 646 g/mol. The Morgan fingerprint density at radius 3 is 2.34 bits per heavy atom. The predicted octanol–water partition coefficient (Wildman–Crippen LogP) is 5.56. The summed E-state index contributed by atoms with van der Waals surface area (Å²) in [4.78, 5) is 23.5. The SMILES string of the molecule is COc1ccc(CNC(=O)/C(C#N)=C\c2cc(Br)c(OCc3ccc(C(=O)O)cc3)c(I)c2)cc1. The quantitative estimate of drug-likeness (QED) is 0.179. The maximum atomic E-state index is 12.5. The number of nitrogens with zero attached hydrogens (tertiary/aromatic N) is 1. The third-order valence-corrected chi connectivity index (χ3v) is 6.28. The van der Waals surface area contributed by atoms with E-state index in [0.717, 1.165) is 20.4 Å². The topological polar surface area (TPSA) is 109 Å². The van der Waals surface area contributed by atoms with Crippen LogP contribution >= 0.6 is 38.5 Å². The Balaban J connectivity index is 1.67. The van der Waals surface area contributed by atoms with E-state index in [4.69, 9.17) is 14.6 Å². The molecule has 9 heteroatoms. The minimum absolute atomic E-state index is 0.0200. The van der Waals surface area contributed by atoms with Gasteiger partial charge in [-0.1, -0.05) is 24.3 Å². The van der Waals surface area contributed by atoms with Crippen LogP contribution in [0.4, 0.5) is 0 Å². The van der Waals surface area contributed by atoms with Crippen molar-refractivity contribution >= 4 is 56.5 Å². The fraction of sp³-hybridized carbons (Fsp3) is 0.115. The Kier molecular flexibility index (Phi) is 9.28. The van der Waals surface area contributed by atoms with Crippen molar-refractivity contribution in [2.75, 3.05) is 7.11 Å². The van der Waals surface area contributed by atoms with Crippen molar-refractivity contribution in [1.82, 2.24) is 5.32 Å². The maximum Gasteiger partial charge on any atom is 0.335 e. The molecule has 0 saturated carbocycles. The van der Waals surface area contributed by atoms with E-state index in [1.165, 1.54) is 18.2 Å². The number of aromatic carboxylic acids is 1. The molecule has 0 radical (unpaired) electrons. The molecule has 0 bridgehead atoms. The van der Waals surface area contributed by atoms with Gasteiger partial charge in [0.2, 0.25) is 0 Å². The van der Waals surface area contributed by atoms with Crippen molar-refractivity contribution in [2.24, 2.45) is 0 Å². The van der Waals surface area contributed by atoms with Gasteiger partial charge in [0.15, 0.2) is 0 Å². The van der Waals surface area contributed by atoms with Crippen molar-refractivity contribution in [3.8, 4) is 17.6 Å². The second kappa shape index (κ2) is 12.4. The molecule has 0 aliphatic heterocycles. The van der Waals surface area contributed by atoms with Crippen LogP contribution in [0, 0.1) is 14.9 Å². The second-order valence-electron chi connectivity index (χ2n) is 7.30. The molecule has 0 aliphatic rings. The van der Waals surface area contributed by atoms with Crippen LogP contribution in [0.25, 0.3) is 6.08 Å². The minimum atomic E-state index is -0.982. The Morgan fingerprint density at radius 2 is 1.77 bits per heavy atom. The van der Waals surface area contributed by atoms with Gasteiger partial charge >= 0.3 is 5.97 Å². The van der Waals surface area contributed by atoms with Crippen molar-refractivity contribution in [2.45, 2.75) is 13.2 Å². The lowest BCUT2D eigenvalue weighted by atomic mass is 10.1. The number of rotatable bonds is 9. The average Bonchev–Trinajstić information content (AvgIpc) is 2.85. The molecule has 0 heterocycles. The van der Waals surface area contributed by atoms with E-state index in [0.29, 0.717) is 15.8 Å². The minimum Gasteiger partial charge on any atom is -0.497 e. The smallest absolute Gasteiger partial charge is 0.335 e. The summed E-state index contributed by atoms with van der Waals surface area (Å²) >= 11 is 5.61. The number of carboxylic acids is 1. The maximum absolute atomic E-state index is 12.5. The summed E-state index contributed by atoms with van der Waals surface area (Å²) in [7, 11) is 1.58. The highest BCUT2D eigenvalue weighted by Gasteiger charge is 2.13. The molecule has 178 valence electrons. The van der Waals surface area contributed by atoms with E-state index in [1.807, 2.05) is 24.3 Å². The summed E-state index contributed by atoms with van der Waals surface area (Å²) in [6.07, 6.45) is 1.52. The second-order valence-corrected chi connectivity index (χ2v) is 9.32. The predicted molar refractivity (Wildman–Crippen MR) is 143 cm³/mol. The van der Waals surface area contributed by atoms with Gasteiger partial charge in [0.05, 0.1) is 20.7 Å². The van der Waals surface area contributed by atoms with Crippen LogP contribution in [-0.2, 0) is 17.9 Å². The first kappa shape index (κ1) is 26.2. The van der Waals surface area contributed by atoms with Crippen molar-refractivity contribution < 1.29 is 24.2 Å². The van der Waals surface area contributed by atoms with Gasteiger partial charge in [-0.2, -0.15) is 5.26 Å². The highest BCUT2D eigenvalue weighted by atomic mass is 127. The molecule has 0 fully saturated rings. The highest BCUT2D eigenvalue weighted by Crippen LogP contribution is 2.33. The van der Waals surface area contributed by atoms with Gasteiger partial charge in [0.25, 0.3) is 5.91 Å². The number of nitriles is 1. The van der Waals surface area contributed by atoms with Crippen LogP contribution in [0.3, 0.4) is 0 Å². The van der Waals surface area contributed by atoms with Crippen LogP contribution in [-0.4, -0.2) is 24.1 Å². The van der Waals surface area contributed by atoms with E-state index in [9.17, 15) is 14.9 Å². The van der Waals surface area contributed by atoms with Gasteiger partial charge in [-0.3, -0.25) is 4.79 Å². The van der Waals surface area contributed by atoms with Crippen molar-refractivity contribution in [1.29, 1.82) is 5.26 Å². The van der Waals surface area contributed by atoms with E-state index in [2.05, 4.69) is 43.8 Å². The summed E-state index contributed by atoms with van der Waals surface area (Å²) in [6, 6.07) is 19.3. The highest BCUT2D eigenvalue weighted by molar-refractivity contribution is 14.1. The lowest BCUT2D eigenvalue weighted by molar-refractivity contribution is -0.117. The third kappa shape index (κ3) is 7.31. The number of hydrogen-bond acceptors (Lipinski definition) is 5. The van der Waals surface area contributed by atoms with Crippen LogP contribution in [0.1, 0.15) is 27.0 Å². The number of amides is 1. The number of carbonyl (C=O) groups is 2. The summed E-state index contributed by atoms with van der Waals surface area (Å²) in [5, 5.41) is 21.3. The standard InChI is InChI=1S/C26H20BrIN2O5/c1-34-21-8-4-16(5-9-21)14-30-25(31)20(13-29)10-18-11-22(27)24(23(28)12-18)35-15-17-2-6-19(7-3-17)26(32)33/h2-12H,14-15H2,1H3,(H,30,31)(H,32,33)/b20-10-. The fourth-order valence-electron chi connectivity index (χ4n) is 3.04. The van der Waals surface area contributed by atoms with Gasteiger partial charge in [-0.25, -0.2) is 4.79 Å². The Labute approximate surface area is 224 Å². The first-order valence-electron chi connectivity index (χ1n) is 10.3. The number of methoxy groups -OCH3 is 1. The zero-order valence-corrected chi connectivity index (χ0v) is 22.3. The molecular weight excluding hydrogens is 627 g/mol. The number of hydrogen-bond donors (Lipinski definition) is 2. The molecule has 0 saturated heterocycles. The molecule has 3 rings (SSSR count). The van der Waals surface area contributed by atoms with Crippen LogP contribution in [0.2, 0.25) is 0 Å². The number of carboxylic acid groups (broad SMARTS) is 1. The molecule has 2 N–H and O–H groups in total. The number of benzene rings is 3. The Morgan fingerprint density at radius 1 is 1.11 bits per heavy atom. The molecule has 0 spiro atoms. The number of halogens is 2. The van der Waals surface area contributed by atoms with E-state index in [-0.39, 0.29) is 24.3 Å². The molecule has 7 nitrogen and oxygen atoms in total. The molecule has 3 aromatic carbocycles. The molecule has 0 aliphatic carbocycles. The molecule has 0 unspecified atom stereocenters. The number of ether oxygens (including phenoxy) is 2. The third-order valence-electron chi connectivity index (χ3n) is 4.89. The summed E-state index contributed by atoms with van der Waals surface area (Å²) < 4.78 is 12.5. The largest absolute Gasteiger partial charge is 0.497 e. The fourth-order valence-corrected chi connectivity index (χ4v) is 4.80. The zero-order chi connectivity index (χ0) is 25.4. The van der Waals surface area contributed by atoms with E-state index < -0.39 is 11.9 Å². The van der Waals surface area contributed by atoms with Gasteiger partial charge < -0.3 is 19.9 Å². The molecule has 1 amide bonds. The van der Waals surface area contributed by atoms with E-state index >= 15 is 0 Å². The average molecular weight is 647 g/mol. The van der Waals surface area contributed by atoms with Crippen molar-refractivity contribution in [3.05, 3.63) is 96.5 Å². The zero-order valence-electron chi connectivity index (χ0n) is 18.5. The van der Waals surface area contributed by atoms with Gasteiger partial charge in [0, 0.05) is 6.54 Å². The molecule has 0 aromatic heterocycles. The lowest BCUT2D eigenvalue weighted by Gasteiger charge is -2.12. The molecular formula is C26H20BrIN2O5. The normalized spacial score (nSPS) is 10.9. The van der Waals surface area contributed by atoms with Gasteiger partial charge in [0.1, 0.15) is 29.7 Å². The van der Waals surface area contributed by atoms with Crippen LogP contribution < -0.4 is 14.8 Å². The molecule has 3 aromatic rings. The number of carbonyl (C=O) groups excluding carboxylic acids is 1. The number of nitrogens with one attached hydrogen (secondary N) is 1. The summed E-state index contributed by atoms with van der Waals surface area (Å²) in [6.45, 7) is 0.532. The van der Waals surface area contributed by atoms with Gasteiger partial charge in [-0.05, 0) is 97.7 Å². The Bertz CT molecular complexity index is 1280. The summed E-state index contributed by atoms with van der Waals surface area (Å²) in [5.41, 5.74) is 2.56. The summed E-state index contributed by atoms with van der Waals surface area (Å²) in [5.74, 6) is -0.127.